The number of aryl methyl sites for hydroxylation is 1. The van der Waals surface area contributed by atoms with Gasteiger partial charge in [-0.2, -0.15) is 0 Å². The van der Waals surface area contributed by atoms with E-state index in [-0.39, 0.29) is 11.8 Å². The van der Waals surface area contributed by atoms with Gasteiger partial charge in [-0.3, -0.25) is 4.79 Å². The van der Waals surface area contributed by atoms with Gasteiger partial charge >= 0.3 is 0 Å². The van der Waals surface area contributed by atoms with E-state index in [1.54, 1.807) is 7.11 Å². The molecule has 1 aromatic carbocycles. The van der Waals surface area contributed by atoms with Crippen LogP contribution >= 0.6 is 0 Å². The molecule has 142 valence electrons. The Labute approximate surface area is 159 Å². The van der Waals surface area contributed by atoms with Crippen LogP contribution in [0.25, 0.3) is 0 Å². The lowest BCUT2D eigenvalue weighted by atomic mass is 9.95. The van der Waals surface area contributed by atoms with Gasteiger partial charge in [-0.15, -0.1) is 0 Å². The van der Waals surface area contributed by atoms with Crippen LogP contribution in [0.1, 0.15) is 11.1 Å². The molecule has 3 heterocycles. The van der Waals surface area contributed by atoms with Crippen molar-refractivity contribution < 1.29 is 14.3 Å². The number of methoxy groups -OCH3 is 1. The number of anilines is 1. The van der Waals surface area contributed by atoms with E-state index in [9.17, 15) is 4.79 Å². The van der Waals surface area contributed by atoms with E-state index >= 15 is 0 Å². The summed E-state index contributed by atoms with van der Waals surface area (Å²) in [5, 5.41) is 0. The smallest absolute Gasteiger partial charge is 0.229 e. The molecule has 0 unspecified atom stereocenters. The van der Waals surface area contributed by atoms with Crippen LogP contribution in [0.15, 0.2) is 36.5 Å². The molecule has 0 saturated carbocycles. The number of hydrogen-bond acceptors (Lipinski definition) is 5. The predicted molar refractivity (Wildman–Crippen MR) is 103 cm³/mol. The maximum Gasteiger partial charge on any atom is 0.229 e. The Balaban J connectivity index is 1.39. The summed E-state index contributed by atoms with van der Waals surface area (Å²) in [5.74, 6) is 2.72. The van der Waals surface area contributed by atoms with Gasteiger partial charge in [0, 0.05) is 32.4 Å². The van der Waals surface area contributed by atoms with E-state index in [1.165, 1.54) is 5.56 Å². The Bertz CT molecular complexity index is 831. The SMILES string of the molecule is COc1ccc2c(c1)C[C@@H](C(=O)N1CCN(c3ncccc3C)CC1)CO2. The average Bonchev–Trinajstić information content (AvgIpc) is 2.73. The molecule has 0 N–H and O–H groups in total. The molecule has 1 atom stereocenters. The first-order valence-electron chi connectivity index (χ1n) is 9.41. The number of amides is 1. The number of rotatable bonds is 3. The third kappa shape index (κ3) is 3.56. The molecule has 6 nitrogen and oxygen atoms in total. The van der Waals surface area contributed by atoms with Crippen molar-refractivity contribution in [2.24, 2.45) is 5.92 Å². The zero-order valence-corrected chi connectivity index (χ0v) is 15.9. The summed E-state index contributed by atoms with van der Waals surface area (Å²) in [4.78, 5) is 21.7. The summed E-state index contributed by atoms with van der Waals surface area (Å²) in [6, 6.07) is 9.80. The highest BCUT2D eigenvalue weighted by atomic mass is 16.5. The lowest BCUT2D eigenvalue weighted by Crippen LogP contribution is -2.52. The Morgan fingerprint density at radius 1 is 1.22 bits per heavy atom. The van der Waals surface area contributed by atoms with Crippen LogP contribution in [0.5, 0.6) is 11.5 Å². The molecule has 0 radical (unpaired) electrons. The summed E-state index contributed by atoms with van der Waals surface area (Å²) in [6.07, 6.45) is 2.52. The van der Waals surface area contributed by atoms with E-state index in [4.69, 9.17) is 9.47 Å². The molecule has 2 aliphatic heterocycles. The van der Waals surface area contributed by atoms with Crippen LogP contribution < -0.4 is 14.4 Å². The average molecular weight is 367 g/mol. The molecule has 6 heteroatoms. The van der Waals surface area contributed by atoms with E-state index in [2.05, 4.69) is 22.9 Å². The first-order chi connectivity index (χ1) is 13.2. The minimum atomic E-state index is -0.132. The molecule has 0 bridgehead atoms. The number of pyridine rings is 1. The van der Waals surface area contributed by atoms with Crippen LogP contribution in [0.3, 0.4) is 0 Å². The summed E-state index contributed by atoms with van der Waals surface area (Å²) < 4.78 is 11.1. The van der Waals surface area contributed by atoms with Gasteiger partial charge in [0.05, 0.1) is 13.0 Å². The Hall–Kier alpha value is -2.76. The van der Waals surface area contributed by atoms with Gasteiger partial charge in [-0.1, -0.05) is 6.07 Å². The van der Waals surface area contributed by atoms with Gasteiger partial charge in [0.2, 0.25) is 5.91 Å². The van der Waals surface area contributed by atoms with E-state index in [0.717, 1.165) is 49.1 Å². The van der Waals surface area contributed by atoms with Gasteiger partial charge in [0.1, 0.15) is 23.9 Å². The van der Waals surface area contributed by atoms with E-state index in [0.29, 0.717) is 13.0 Å². The lowest BCUT2D eigenvalue weighted by Gasteiger charge is -2.38. The first kappa shape index (κ1) is 17.6. The molecule has 1 fully saturated rings. The number of carbonyl (C=O) groups excluding carboxylic acids is 1. The van der Waals surface area contributed by atoms with Crippen LogP contribution in [0.2, 0.25) is 0 Å². The topological polar surface area (TPSA) is 54.9 Å². The van der Waals surface area contributed by atoms with Crippen LogP contribution in [-0.2, 0) is 11.2 Å². The van der Waals surface area contributed by atoms with Gasteiger partial charge in [0.25, 0.3) is 0 Å². The second kappa shape index (κ2) is 7.47. The molecular weight excluding hydrogens is 342 g/mol. The molecular formula is C21H25N3O3. The largest absolute Gasteiger partial charge is 0.497 e. The Morgan fingerprint density at radius 2 is 2.04 bits per heavy atom. The molecule has 2 aliphatic rings. The highest BCUT2D eigenvalue weighted by Crippen LogP contribution is 2.31. The number of benzene rings is 1. The third-order valence-electron chi connectivity index (χ3n) is 5.40. The van der Waals surface area contributed by atoms with Gasteiger partial charge < -0.3 is 19.3 Å². The van der Waals surface area contributed by atoms with Crippen LogP contribution in [0, 0.1) is 12.8 Å². The maximum atomic E-state index is 13.0. The molecule has 4 rings (SSSR count). The molecule has 1 saturated heterocycles. The van der Waals surface area contributed by atoms with Crippen LogP contribution in [-0.4, -0.2) is 55.7 Å². The summed E-state index contributed by atoms with van der Waals surface area (Å²) in [7, 11) is 1.65. The molecule has 1 amide bonds. The molecule has 1 aromatic heterocycles. The highest BCUT2D eigenvalue weighted by Gasteiger charge is 2.31. The fourth-order valence-electron chi connectivity index (χ4n) is 3.86. The highest BCUT2D eigenvalue weighted by molar-refractivity contribution is 5.80. The van der Waals surface area contributed by atoms with Crippen molar-refractivity contribution >= 4 is 11.7 Å². The van der Waals surface area contributed by atoms with Gasteiger partial charge in [-0.05, 0) is 48.7 Å². The second-order valence-electron chi connectivity index (χ2n) is 7.14. The number of carbonyl (C=O) groups is 1. The van der Waals surface area contributed by atoms with Crippen molar-refractivity contribution in [3.8, 4) is 11.5 Å². The first-order valence-corrected chi connectivity index (χ1v) is 9.41. The maximum absolute atomic E-state index is 13.0. The summed E-state index contributed by atoms with van der Waals surface area (Å²) >= 11 is 0. The van der Waals surface area contributed by atoms with Crippen molar-refractivity contribution in [3.05, 3.63) is 47.7 Å². The van der Waals surface area contributed by atoms with Crippen molar-refractivity contribution in [1.82, 2.24) is 9.88 Å². The number of hydrogen-bond donors (Lipinski definition) is 0. The number of aromatic nitrogens is 1. The normalized spacial score (nSPS) is 19.3. The van der Waals surface area contributed by atoms with Gasteiger partial charge in [0.15, 0.2) is 0 Å². The predicted octanol–water partition coefficient (Wildman–Crippen LogP) is 2.30. The Kier molecular flexibility index (Phi) is 4.88. The van der Waals surface area contributed by atoms with Crippen molar-refractivity contribution in [1.29, 1.82) is 0 Å². The number of piperazine rings is 1. The fraction of sp³-hybridized carbons (Fsp3) is 0.429. The molecule has 0 aliphatic carbocycles. The van der Waals surface area contributed by atoms with E-state index in [1.807, 2.05) is 35.4 Å². The number of fused-ring (bicyclic) bond motifs is 1. The summed E-state index contributed by atoms with van der Waals surface area (Å²) in [5.41, 5.74) is 2.21. The zero-order chi connectivity index (χ0) is 18.8. The molecule has 27 heavy (non-hydrogen) atoms. The standard InChI is InChI=1S/C21H25N3O3/c1-15-4-3-7-22-20(15)23-8-10-24(11-9-23)21(25)17-12-16-13-18(26-2)5-6-19(16)27-14-17/h3-7,13,17H,8-12,14H2,1-2H3/t17-/m1/s1. The van der Waals surface area contributed by atoms with Crippen molar-refractivity contribution in [3.63, 3.8) is 0 Å². The zero-order valence-electron chi connectivity index (χ0n) is 15.9. The van der Waals surface area contributed by atoms with E-state index < -0.39 is 0 Å². The monoisotopic (exact) mass is 367 g/mol. The second-order valence-corrected chi connectivity index (χ2v) is 7.14. The van der Waals surface area contributed by atoms with Crippen molar-refractivity contribution in [2.75, 3.05) is 44.8 Å². The fourth-order valence-corrected chi connectivity index (χ4v) is 3.86. The van der Waals surface area contributed by atoms with Crippen molar-refractivity contribution in [2.45, 2.75) is 13.3 Å². The number of nitrogens with zero attached hydrogens (tertiary/aromatic N) is 3. The van der Waals surface area contributed by atoms with Crippen LogP contribution in [0.4, 0.5) is 5.82 Å². The number of ether oxygens (including phenoxy) is 2. The quantitative estimate of drug-likeness (QED) is 0.833. The lowest BCUT2D eigenvalue weighted by molar-refractivity contribution is -0.137. The summed E-state index contributed by atoms with van der Waals surface area (Å²) in [6.45, 7) is 5.57. The minimum Gasteiger partial charge on any atom is -0.497 e. The molecule has 0 spiro atoms. The third-order valence-corrected chi connectivity index (χ3v) is 5.40. The van der Waals surface area contributed by atoms with Gasteiger partial charge in [-0.25, -0.2) is 4.98 Å². The molecule has 2 aromatic rings. The Morgan fingerprint density at radius 3 is 2.78 bits per heavy atom. The minimum absolute atomic E-state index is 0.132.